The van der Waals surface area contributed by atoms with Crippen molar-refractivity contribution in [1.29, 1.82) is 0 Å². The Kier molecular flexibility index (Phi) is 5.28. The van der Waals surface area contributed by atoms with Crippen LogP contribution in [0.4, 0.5) is 0 Å². The zero-order chi connectivity index (χ0) is 17.3. The van der Waals surface area contributed by atoms with Crippen LogP contribution in [-0.4, -0.2) is 23.9 Å². The van der Waals surface area contributed by atoms with E-state index in [2.05, 4.69) is 40.4 Å². The number of hydrogen-bond acceptors (Lipinski definition) is 2. The topological polar surface area (TPSA) is 58.2 Å². The van der Waals surface area contributed by atoms with E-state index in [4.69, 9.17) is 0 Å². The molecule has 5 unspecified atom stereocenters. The molecule has 0 spiro atoms. The zero-order valence-electron chi connectivity index (χ0n) is 14.2. The third-order valence-corrected chi connectivity index (χ3v) is 6.46. The van der Waals surface area contributed by atoms with Gasteiger partial charge in [-0.1, -0.05) is 26.0 Å². The highest BCUT2D eigenvalue weighted by atomic mass is 79.9. The van der Waals surface area contributed by atoms with Gasteiger partial charge in [0.05, 0.1) is 5.56 Å². The van der Waals surface area contributed by atoms with Crippen molar-refractivity contribution >= 4 is 27.7 Å². The monoisotopic (exact) mass is 392 g/mol. The minimum atomic E-state index is -0.0486. The summed E-state index contributed by atoms with van der Waals surface area (Å²) in [7, 11) is 0. The van der Waals surface area contributed by atoms with Crippen LogP contribution in [0.1, 0.15) is 49.9 Å². The largest absolute Gasteiger partial charge is 0.353 e. The summed E-state index contributed by atoms with van der Waals surface area (Å²) in [6, 6.07) is 7.77. The van der Waals surface area contributed by atoms with Gasteiger partial charge in [-0.05, 0) is 65.6 Å². The normalized spacial score (nSPS) is 32.6. The van der Waals surface area contributed by atoms with Gasteiger partial charge >= 0.3 is 0 Å². The molecule has 24 heavy (non-hydrogen) atoms. The molecule has 1 aliphatic heterocycles. The average molecular weight is 393 g/mol. The summed E-state index contributed by atoms with van der Waals surface area (Å²) in [4.78, 5) is 24.8. The highest BCUT2D eigenvalue weighted by Crippen LogP contribution is 2.39. The van der Waals surface area contributed by atoms with E-state index in [1.54, 1.807) is 0 Å². The number of carbonyl (C=O) groups excluding carboxylic acids is 2. The van der Waals surface area contributed by atoms with Crippen molar-refractivity contribution in [1.82, 2.24) is 10.6 Å². The Hall–Kier alpha value is -1.36. The highest BCUT2D eigenvalue weighted by molar-refractivity contribution is 9.10. The van der Waals surface area contributed by atoms with Gasteiger partial charge in [0.1, 0.15) is 0 Å². The lowest BCUT2D eigenvalue weighted by Gasteiger charge is -2.46. The van der Waals surface area contributed by atoms with Gasteiger partial charge in [-0.15, -0.1) is 0 Å². The molecule has 2 aliphatic rings. The quantitative estimate of drug-likeness (QED) is 0.826. The van der Waals surface area contributed by atoms with Gasteiger partial charge in [-0.25, -0.2) is 0 Å². The minimum Gasteiger partial charge on any atom is -0.353 e. The number of rotatable bonds is 3. The number of hydrogen-bond donors (Lipinski definition) is 2. The second-order valence-electron chi connectivity index (χ2n) is 7.12. The van der Waals surface area contributed by atoms with Gasteiger partial charge in [0, 0.05) is 22.5 Å². The summed E-state index contributed by atoms with van der Waals surface area (Å²) in [5.74, 6) is 1.23. The van der Waals surface area contributed by atoms with Crippen LogP contribution in [0.25, 0.3) is 0 Å². The standard InChI is InChI=1S/C19H25BrN2O2/c1-3-13-11(2)14-9-8-12(10-17(14)22-18(13)23)21-19(24)15-6-4-5-7-16(15)20/h4-7,11-14,17H,3,8-10H2,1-2H3,(H,21,24)(H,22,23). The van der Waals surface area contributed by atoms with Crippen LogP contribution in [0.15, 0.2) is 28.7 Å². The maximum atomic E-state index is 12.5. The van der Waals surface area contributed by atoms with Crippen molar-refractivity contribution in [2.75, 3.05) is 0 Å². The molecule has 1 aliphatic carbocycles. The fourth-order valence-electron chi connectivity index (χ4n) is 4.41. The van der Waals surface area contributed by atoms with Crippen molar-refractivity contribution < 1.29 is 9.59 Å². The molecule has 2 amide bonds. The first kappa shape index (κ1) is 17.5. The molecular weight excluding hydrogens is 368 g/mol. The molecule has 1 heterocycles. The van der Waals surface area contributed by atoms with E-state index in [0.29, 0.717) is 17.4 Å². The Labute approximate surface area is 151 Å². The van der Waals surface area contributed by atoms with Crippen molar-refractivity contribution in [2.45, 2.75) is 51.6 Å². The second-order valence-corrected chi connectivity index (χ2v) is 7.97. The van der Waals surface area contributed by atoms with E-state index in [1.807, 2.05) is 24.3 Å². The Balaban J connectivity index is 1.64. The van der Waals surface area contributed by atoms with E-state index >= 15 is 0 Å². The van der Waals surface area contributed by atoms with Crippen molar-refractivity contribution in [2.24, 2.45) is 17.8 Å². The Morgan fingerprint density at radius 1 is 1.33 bits per heavy atom. The van der Waals surface area contributed by atoms with E-state index in [0.717, 1.165) is 30.2 Å². The molecule has 1 saturated carbocycles. The third-order valence-electron chi connectivity index (χ3n) is 5.77. The van der Waals surface area contributed by atoms with E-state index < -0.39 is 0 Å². The number of fused-ring (bicyclic) bond motifs is 1. The van der Waals surface area contributed by atoms with Crippen LogP contribution >= 0.6 is 15.9 Å². The first-order valence-electron chi connectivity index (χ1n) is 8.87. The Bertz CT molecular complexity index is 634. The summed E-state index contributed by atoms with van der Waals surface area (Å²) in [6.07, 6.45) is 3.77. The van der Waals surface area contributed by atoms with Gasteiger partial charge in [0.25, 0.3) is 5.91 Å². The number of piperidine rings is 1. The van der Waals surface area contributed by atoms with Crippen LogP contribution < -0.4 is 10.6 Å². The maximum Gasteiger partial charge on any atom is 0.252 e. The summed E-state index contributed by atoms with van der Waals surface area (Å²) in [5, 5.41) is 6.35. The zero-order valence-corrected chi connectivity index (χ0v) is 15.8. The molecule has 130 valence electrons. The van der Waals surface area contributed by atoms with Gasteiger partial charge in [0.2, 0.25) is 5.91 Å². The first-order chi connectivity index (χ1) is 11.5. The van der Waals surface area contributed by atoms with Crippen molar-refractivity contribution in [3.8, 4) is 0 Å². The summed E-state index contributed by atoms with van der Waals surface area (Å²) in [6.45, 7) is 4.30. The SMILES string of the molecule is CCC1C(=O)NC2CC(NC(=O)c3ccccc3Br)CCC2C1C. The molecule has 5 atom stereocenters. The minimum absolute atomic E-state index is 0.0486. The summed E-state index contributed by atoms with van der Waals surface area (Å²) < 4.78 is 0.807. The van der Waals surface area contributed by atoms with Crippen LogP contribution in [-0.2, 0) is 4.79 Å². The smallest absolute Gasteiger partial charge is 0.252 e. The number of halogens is 1. The highest BCUT2D eigenvalue weighted by Gasteiger charge is 2.43. The molecule has 1 saturated heterocycles. The number of benzene rings is 1. The molecule has 0 bridgehead atoms. The Morgan fingerprint density at radius 2 is 2.08 bits per heavy atom. The summed E-state index contributed by atoms with van der Waals surface area (Å²) in [5.41, 5.74) is 0.659. The number of carbonyl (C=O) groups is 2. The van der Waals surface area contributed by atoms with Crippen LogP contribution in [0, 0.1) is 17.8 Å². The van der Waals surface area contributed by atoms with Crippen molar-refractivity contribution in [3.63, 3.8) is 0 Å². The van der Waals surface area contributed by atoms with E-state index in [-0.39, 0.29) is 29.8 Å². The molecule has 2 N–H and O–H groups in total. The van der Waals surface area contributed by atoms with E-state index in [1.165, 1.54) is 0 Å². The third kappa shape index (κ3) is 3.37. The number of amides is 2. The predicted octanol–water partition coefficient (Wildman–Crippen LogP) is 3.51. The molecule has 2 fully saturated rings. The molecule has 5 heteroatoms. The lowest BCUT2D eigenvalue weighted by molar-refractivity contribution is -0.133. The molecule has 1 aromatic carbocycles. The summed E-state index contributed by atoms with van der Waals surface area (Å²) >= 11 is 3.43. The molecule has 4 nitrogen and oxygen atoms in total. The lowest BCUT2D eigenvalue weighted by Crippen LogP contribution is -2.58. The average Bonchev–Trinajstić information content (AvgIpc) is 2.55. The van der Waals surface area contributed by atoms with E-state index in [9.17, 15) is 9.59 Å². The van der Waals surface area contributed by atoms with Crippen molar-refractivity contribution in [3.05, 3.63) is 34.3 Å². The lowest BCUT2D eigenvalue weighted by atomic mass is 9.67. The van der Waals surface area contributed by atoms with Crippen LogP contribution in [0.2, 0.25) is 0 Å². The van der Waals surface area contributed by atoms with Gasteiger partial charge in [-0.2, -0.15) is 0 Å². The molecular formula is C19H25BrN2O2. The van der Waals surface area contributed by atoms with Gasteiger partial charge in [0.15, 0.2) is 0 Å². The fourth-order valence-corrected chi connectivity index (χ4v) is 4.88. The van der Waals surface area contributed by atoms with Gasteiger partial charge in [-0.3, -0.25) is 9.59 Å². The number of nitrogens with one attached hydrogen (secondary N) is 2. The first-order valence-corrected chi connectivity index (χ1v) is 9.66. The van der Waals surface area contributed by atoms with Crippen LogP contribution in [0.5, 0.6) is 0 Å². The molecule has 0 radical (unpaired) electrons. The van der Waals surface area contributed by atoms with Crippen LogP contribution in [0.3, 0.4) is 0 Å². The predicted molar refractivity (Wildman–Crippen MR) is 97.6 cm³/mol. The Morgan fingerprint density at radius 3 is 2.79 bits per heavy atom. The maximum absolute atomic E-state index is 12.5. The molecule has 0 aromatic heterocycles. The van der Waals surface area contributed by atoms with Gasteiger partial charge < -0.3 is 10.6 Å². The molecule has 3 rings (SSSR count). The molecule has 1 aromatic rings. The second kappa shape index (κ2) is 7.26. The fraction of sp³-hybridized carbons (Fsp3) is 0.579.